The van der Waals surface area contributed by atoms with Crippen molar-refractivity contribution >= 4 is 17.3 Å². The third kappa shape index (κ3) is 4.77. The molecule has 3 rings (SSSR count). The Balaban J connectivity index is 1.56. The third-order valence-corrected chi connectivity index (χ3v) is 4.60. The molecule has 0 fully saturated rings. The molecule has 122 valence electrons. The Bertz CT molecular complexity index is 794. The molecule has 4 heteroatoms. The second kappa shape index (κ2) is 7.88. The molecule has 0 bridgehead atoms. The molecule has 0 N–H and O–H groups in total. The van der Waals surface area contributed by atoms with E-state index in [4.69, 9.17) is 9.72 Å². The molecule has 1 heterocycles. The normalized spacial score (nSPS) is 10.5. The largest absolute Gasteiger partial charge is 0.427 e. The fraction of sp³-hybridized carbons (Fsp3) is 0.200. The van der Waals surface area contributed by atoms with Crippen LogP contribution in [-0.2, 0) is 24.1 Å². The Morgan fingerprint density at radius 3 is 2.46 bits per heavy atom. The van der Waals surface area contributed by atoms with Crippen LogP contribution < -0.4 is 4.74 Å². The van der Waals surface area contributed by atoms with Gasteiger partial charge in [-0.05, 0) is 29.7 Å². The smallest absolute Gasteiger partial charge is 0.308 e. The van der Waals surface area contributed by atoms with Crippen LogP contribution >= 0.6 is 11.3 Å². The van der Waals surface area contributed by atoms with Crippen LogP contribution in [0.25, 0.3) is 0 Å². The first-order valence-electron chi connectivity index (χ1n) is 7.93. The van der Waals surface area contributed by atoms with Gasteiger partial charge in [-0.15, -0.1) is 11.3 Å². The number of esters is 1. The molecule has 2 aromatic carbocycles. The summed E-state index contributed by atoms with van der Waals surface area (Å²) in [5, 5.41) is 3.30. The van der Waals surface area contributed by atoms with Crippen LogP contribution in [0.2, 0.25) is 0 Å². The van der Waals surface area contributed by atoms with E-state index in [1.807, 2.05) is 30.3 Å². The van der Waals surface area contributed by atoms with E-state index in [2.05, 4.69) is 29.6 Å². The number of ether oxygens (including phenoxy) is 1. The maximum absolute atomic E-state index is 10.9. The Morgan fingerprint density at radius 1 is 1.00 bits per heavy atom. The molecule has 0 saturated carbocycles. The van der Waals surface area contributed by atoms with E-state index in [9.17, 15) is 4.79 Å². The van der Waals surface area contributed by atoms with Gasteiger partial charge in [0.25, 0.3) is 0 Å². The van der Waals surface area contributed by atoms with Gasteiger partial charge in [-0.25, -0.2) is 4.98 Å². The number of aryl methyl sites for hydroxylation is 2. The van der Waals surface area contributed by atoms with Gasteiger partial charge in [0.2, 0.25) is 0 Å². The van der Waals surface area contributed by atoms with Crippen LogP contribution in [0.3, 0.4) is 0 Å². The van der Waals surface area contributed by atoms with E-state index in [1.54, 1.807) is 11.3 Å². The predicted molar refractivity (Wildman–Crippen MR) is 96.5 cm³/mol. The zero-order valence-corrected chi connectivity index (χ0v) is 14.4. The number of carbonyl (C=O) groups is 1. The average molecular weight is 337 g/mol. The van der Waals surface area contributed by atoms with Crippen molar-refractivity contribution < 1.29 is 9.53 Å². The lowest BCUT2D eigenvalue weighted by Gasteiger charge is -2.02. The number of thiazole rings is 1. The summed E-state index contributed by atoms with van der Waals surface area (Å²) in [6.45, 7) is 1.40. The Morgan fingerprint density at radius 2 is 1.75 bits per heavy atom. The monoisotopic (exact) mass is 337 g/mol. The summed E-state index contributed by atoms with van der Waals surface area (Å²) >= 11 is 1.72. The predicted octanol–water partition coefficient (Wildman–Crippen LogP) is 4.44. The highest BCUT2D eigenvalue weighted by atomic mass is 32.1. The first kappa shape index (κ1) is 16.4. The molecule has 24 heavy (non-hydrogen) atoms. The van der Waals surface area contributed by atoms with Gasteiger partial charge in [0.05, 0.1) is 10.7 Å². The molecular weight excluding hydrogens is 318 g/mol. The van der Waals surface area contributed by atoms with Gasteiger partial charge >= 0.3 is 5.97 Å². The Hall–Kier alpha value is -2.46. The van der Waals surface area contributed by atoms with Crippen LogP contribution in [0.4, 0.5) is 0 Å². The fourth-order valence-corrected chi connectivity index (χ4v) is 3.29. The minimum absolute atomic E-state index is 0.301. The highest BCUT2D eigenvalue weighted by molar-refractivity contribution is 7.09. The number of hydrogen-bond donors (Lipinski definition) is 0. The number of hydrogen-bond acceptors (Lipinski definition) is 4. The van der Waals surface area contributed by atoms with Gasteiger partial charge < -0.3 is 4.74 Å². The first-order chi connectivity index (χ1) is 11.7. The molecule has 0 amide bonds. The van der Waals surface area contributed by atoms with Crippen molar-refractivity contribution in [1.29, 1.82) is 0 Å². The summed E-state index contributed by atoms with van der Waals surface area (Å²) in [7, 11) is 0. The third-order valence-electron chi connectivity index (χ3n) is 3.64. The van der Waals surface area contributed by atoms with Gasteiger partial charge in [-0.3, -0.25) is 4.79 Å². The van der Waals surface area contributed by atoms with E-state index in [0.717, 1.165) is 30.5 Å². The van der Waals surface area contributed by atoms with Gasteiger partial charge in [-0.1, -0.05) is 42.5 Å². The van der Waals surface area contributed by atoms with Crippen molar-refractivity contribution in [2.45, 2.75) is 26.2 Å². The minimum Gasteiger partial charge on any atom is -0.427 e. The van der Waals surface area contributed by atoms with Crippen molar-refractivity contribution in [1.82, 2.24) is 4.98 Å². The standard InChI is InChI=1S/C20H19NO2S/c1-15(22)23-19-10-7-17(8-11-19)13-18-14-24-20(21-18)12-9-16-5-3-2-4-6-16/h2-8,10-11,14H,9,12-13H2,1H3. The molecule has 0 aliphatic rings. The lowest BCUT2D eigenvalue weighted by molar-refractivity contribution is -0.131. The van der Waals surface area contributed by atoms with Crippen LogP contribution in [0.5, 0.6) is 5.75 Å². The van der Waals surface area contributed by atoms with E-state index in [1.165, 1.54) is 17.5 Å². The number of nitrogens with zero attached hydrogens (tertiary/aromatic N) is 1. The molecule has 3 aromatic rings. The molecule has 0 saturated heterocycles. The van der Waals surface area contributed by atoms with Crippen LogP contribution in [0.1, 0.15) is 28.8 Å². The van der Waals surface area contributed by atoms with Crippen molar-refractivity contribution in [3.63, 3.8) is 0 Å². The van der Waals surface area contributed by atoms with Gasteiger partial charge in [0.1, 0.15) is 5.75 Å². The van der Waals surface area contributed by atoms with E-state index >= 15 is 0 Å². The summed E-state index contributed by atoms with van der Waals surface area (Å²) in [4.78, 5) is 15.6. The highest BCUT2D eigenvalue weighted by Crippen LogP contribution is 2.18. The lowest BCUT2D eigenvalue weighted by atomic mass is 10.1. The number of benzene rings is 2. The maximum Gasteiger partial charge on any atom is 0.308 e. The summed E-state index contributed by atoms with van der Waals surface area (Å²) in [6, 6.07) is 18.1. The van der Waals surface area contributed by atoms with Crippen LogP contribution in [-0.4, -0.2) is 11.0 Å². The van der Waals surface area contributed by atoms with Crippen LogP contribution in [0.15, 0.2) is 60.0 Å². The van der Waals surface area contributed by atoms with Gasteiger partial charge in [0.15, 0.2) is 0 Å². The second-order valence-corrected chi connectivity index (χ2v) is 6.58. The summed E-state index contributed by atoms with van der Waals surface area (Å²) in [5.74, 6) is 0.276. The van der Waals surface area contributed by atoms with E-state index in [-0.39, 0.29) is 5.97 Å². The molecule has 1 aromatic heterocycles. The summed E-state index contributed by atoms with van der Waals surface area (Å²) in [6.07, 6.45) is 2.78. The number of rotatable bonds is 6. The quantitative estimate of drug-likeness (QED) is 0.493. The first-order valence-corrected chi connectivity index (χ1v) is 8.81. The molecule has 0 spiro atoms. The molecule has 3 nitrogen and oxygen atoms in total. The molecule has 0 aliphatic heterocycles. The second-order valence-electron chi connectivity index (χ2n) is 5.63. The van der Waals surface area contributed by atoms with Gasteiger partial charge in [0, 0.05) is 25.1 Å². The lowest BCUT2D eigenvalue weighted by Crippen LogP contribution is -2.01. The Kier molecular flexibility index (Phi) is 5.39. The average Bonchev–Trinajstić information content (AvgIpc) is 3.03. The van der Waals surface area contributed by atoms with Crippen molar-refractivity contribution in [3.05, 3.63) is 81.8 Å². The number of carbonyl (C=O) groups excluding carboxylic acids is 1. The van der Waals surface area contributed by atoms with Gasteiger partial charge in [-0.2, -0.15) is 0 Å². The molecule has 0 unspecified atom stereocenters. The van der Waals surface area contributed by atoms with Crippen LogP contribution in [0, 0.1) is 0 Å². The molecule has 0 aliphatic carbocycles. The topological polar surface area (TPSA) is 39.2 Å². The highest BCUT2D eigenvalue weighted by Gasteiger charge is 2.05. The SMILES string of the molecule is CC(=O)Oc1ccc(Cc2csc(CCc3ccccc3)n2)cc1. The van der Waals surface area contributed by atoms with Crippen molar-refractivity contribution in [2.24, 2.45) is 0 Å². The van der Waals surface area contributed by atoms with Crippen molar-refractivity contribution in [2.75, 3.05) is 0 Å². The van der Waals surface area contributed by atoms with E-state index in [0.29, 0.717) is 5.75 Å². The molecular formula is C20H19NO2S. The molecule has 0 radical (unpaired) electrons. The van der Waals surface area contributed by atoms with E-state index < -0.39 is 0 Å². The fourth-order valence-electron chi connectivity index (χ4n) is 2.49. The van der Waals surface area contributed by atoms with Crippen molar-refractivity contribution in [3.8, 4) is 5.75 Å². The molecule has 0 atom stereocenters. The zero-order chi connectivity index (χ0) is 16.8. The maximum atomic E-state index is 10.9. The summed E-state index contributed by atoms with van der Waals surface area (Å²) in [5.41, 5.74) is 3.59. The summed E-state index contributed by atoms with van der Waals surface area (Å²) < 4.78 is 5.05. The minimum atomic E-state index is -0.301. The number of aromatic nitrogens is 1. The zero-order valence-electron chi connectivity index (χ0n) is 13.6. The Labute approximate surface area is 146 Å².